The molecule has 0 spiro atoms. The Hall–Kier alpha value is -1.26. The average Bonchev–Trinajstić information content (AvgIpc) is 2.85. The van der Waals surface area contributed by atoms with Crippen LogP contribution in [0.3, 0.4) is 0 Å². The Kier molecular flexibility index (Phi) is 78.7. The van der Waals surface area contributed by atoms with Crippen molar-refractivity contribution in [2.75, 3.05) is 0 Å². The highest BCUT2D eigenvalue weighted by Gasteiger charge is 2.04. The SMILES string of the molecule is C/C=C\C.C=C/C=C(\C)CC(CC)CCC.C=C=C.CC.CCCCC.CCCCCCCC. The maximum absolute atomic E-state index is 3.70. The minimum Gasteiger partial charge on any atom is -0.137 e. The molecule has 0 aliphatic heterocycles. The summed E-state index contributed by atoms with van der Waals surface area (Å²) in [7, 11) is 0. The first-order valence-electron chi connectivity index (χ1n) is 14.5. The predicted molar refractivity (Wildman–Crippen MR) is 168 cm³/mol. The molecule has 0 amide bonds. The van der Waals surface area contributed by atoms with Gasteiger partial charge in [-0.3, -0.25) is 0 Å². The molecule has 0 heterocycles. The van der Waals surface area contributed by atoms with E-state index in [1.807, 2.05) is 45.9 Å². The lowest BCUT2D eigenvalue weighted by atomic mass is 9.93. The fraction of sp³-hybridized carbons (Fsp3) is 0.735. The quantitative estimate of drug-likeness (QED) is 0.107. The molecule has 0 radical (unpaired) electrons. The van der Waals surface area contributed by atoms with Gasteiger partial charge in [-0.1, -0.05) is 182 Å². The molecular weight excluding hydrogens is 408 g/mol. The van der Waals surface area contributed by atoms with Crippen LogP contribution in [0.4, 0.5) is 0 Å². The molecule has 0 heteroatoms. The summed E-state index contributed by atoms with van der Waals surface area (Å²) >= 11 is 0. The molecule has 0 aliphatic carbocycles. The first kappa shape index (κ1) is 46.1. The zero-order chi connectivity index (χ0) is 27.9. The van der Waals surface area contributed by atoms with E-state index in [4.69, 9.17) is 0 Å². The standard InChI is InChI=1S/C12H22.C8H18.C5H12.C4H8.C3H4.C2H6/c1-5-8-11(4)10-12(7-3)9-6-2;1-3-5-7-8-6-4-2;1-3-5-4-2;1-3-4-2;1-3-2;1-2/h5,8,12H,1,6-7,9-10H2,2-4H3;3-8H2,1-2H3;3-5H2,1-2H3;3-4H,1-2H3;1-2H2;1-2H3/b11-8+;;;4-3-;;. The maximum atomic E-state index is 3.70. The summed E-state index contributed by atoms with van der Waals surface area (Å²) < 4.78 is 0. The Morgan fingerprint density at radius 2 is 1.09 bits per heavy atom. The molecule has 206 valence electrons. The van der Waals surface area contributed by atoms with Gasteiger partial charge in [-0.25, -0.2) is 0 Å². The largest absolute Gasteiger partial charge is 0.137 e. The van der Waals surface area contributed by atoms with Crippen LogP contribution in [-0.4, -0.2) is 0 Å². The van der Waals surface area contributed by atoms with Crippen molar-refractivity contribution in [1.29, 1.82) is 0 Å². The van der Waals surface area contributed by atoms with Gasteiger partial charge in [-0.05, 0) is 33.1 Å². The van der Waals surface area contributed by atoms with E-state index in [9.17, 15) is 0 Å². The van der Waals surface area contributed by atoms with Crippen molar-refractivity contribution in [3.63, 3.8) is 0 Å². The Bertz CT molecular complexity index is 365. The van der Waals surface area contributed by atoms with Crippen molar-refractivity contribution in [1.82, 2.24) is 0 Å². The van der Waals surface area contributed by atoms with Crippen LogP contribution in [0.1, 0.15) is 160 Å². The van der Waals surface area contributed by atoms with E-state index in [0.717, 1.165) is 5.92 Å². The zero-order valence-electron chi connectivity index (χ0n) is 26.2. The molecule has 0 aromatic carbocycles. The Morgan fingerprint density at radius 3 is 1.29 bits per heavy atom. The van der Waals surface area contributed by atoms with Crippen LogP contribution in [0.5, 0.6) is 0 Å². The topological polar surface area (TPSA) is 0 Å². The highest BCUT2D eigenvalue weighted by atomic mass is 14.1. The van der Waals surface area contributed by atoms with Crippen LogP contribution in [-0.2, 0) is 0 Å². The van der Waals surface area contributed by atoms with E-state index in [0.29, 0.717) is 0 Å². The third-order valence-electron chi connectivity index (χ3n) is 4.78. The number of rotatable bonds is 13. The molecule has 0 saturated carbocycles. The van der Waals surface area contributed by atoms with Gasteiger partial charge in [-0.2, -0.15) is 0 Å². The second kappa shape index (κ2) is 58.0. The van der Waals surface area contributed by atoms with Gasteiger partial charge >= 0.3 is 0 Å². The highest BCUT2D eigenvalue weighted by molar-refractivity contribution is 5.08. The molecule has 1 atom stereocenters. The third kappa shape index (κ3) is 77.4. The van der Waals surface area contributed by atoms with Crippen LogP contribution in [0.25, 0.3) is 0 Å². The summed E-state index contributed by atoms with van der Waals surface area (Å²) in [5, 5.41) is 0. The summed E-state index contributed by atoms with van der Waals surface area (Å²) in [5.41, 5.74) is 3.71. The lowest BCUT2D eigenvalue weighted by Gasteiger charge is -2.13. The van der Waals surface area contributed by atoms with Gasteiger partial charge in [-0.15, -0.1) is 5.73 Å². The van der Waals surface area contributed by atoms with Crippen LogP contribution >= 0.6 is 0 Å². The molecule has 0 aliphatic rings. The molecule has 0 bridgehead atoms. The number of hydrogen-bond donors (Lipinski definition) is 0. The molecule has 0 aromatic heterocycles. The van der Waals surface area contributed by atoms with Gasteiger partial charge in [0.05, 0.1) is 0 Å². The molecule has 0 rings (SSSR count). The smallest absolute Gasteiger partial charge is 0.0292 e. The average molecular weight is 479 g/mol. The van der Waals surface area contributed by atoms with Crippen LogP contribution in [0.15, 0.2) is 55.3 Å². The van der Waals surface area contributed by atoms with Crippen molar-refractivity contribution in [3.8, 4) is 0 Å². The third-order valence-corrected chi connectivity index (χ3v) is 4.78. The summed E-state index contributed by atoms with van der Waals surface area (Å²) in [6.07, 6.45) is 25.8. The van der Waals surface area contributed by atoms with Crippen molar-refractivity contribution in [2.24, 2.45) is 5.92 Å². The summed E-state index contributed by atoms with van der Waals surface area (Å²) in [4.78, 5) is 0. The predicted octanol–water partition coefficient (Wildman–Crippen LogP) is 13.5. The molecule has 0 fully saturated rings. The van der Waals surface area contributed by atoms with Crippen molar-refractivity contribution >= 4 is 0 Å². The molecule has 0 aromatic rings. The second-order valence-corrected chi connectivity index (χ2v) is 8.20. The lowest BCUT2D eigenvalue weighted by Crippen LogP contribution is -1.98. The molecule has 0 saturated heterocycles. The van der Waals surface area contributed by atoms with Gasteiger partial charge in [0.1, 0.15) is 0 Å². The second-order valence-electron chi connectivity index (χ2n) is 8.20. The van der Waals surface area contributed by atoms with Gasteiger partial charge in [0.2, 0.25) is 0 Å². The van der Waals surface area contributed by atoms with E-state index >= 15 is 0 Å². The van der Waals surface area contributed by atoms with Crippen molar-refractivity contribution in [2.45, 2.75) is 160 Å². The monoisotopic (exact) mass is 479 g/mol. The van der Waals surface area contributed by atoms with Gasteiger partial charge in [0.15, 0.2) is 0 Å². The van der Waals surface area contributed by atoms with Crippen LogP contribution < -0.4 is 0 Å². The minimum atomic E-state index is 0.881. The van der Waals surface area contributed by atoms with Gasteiger partial charge < -0.3 is 0 Å². The molecule has 34 heavy (non-hydrogen) atoms. The van der Waals surface area contributed by atoms with Gasteiger partial charge in [0, 0.05) is 0 Å². The van der Waals surface area contributed by atoms with Crippen LogP contribution in [0, 0.1) is 5.92 Å². The zero-order valence-corrected chi connectivity index (χ0v) is 26.2. The van der Waals surface area contributed by atoms with E-state index in [2.05, 4.69) is 80.0 Å². The Balaban J connectivity index is -0.0000000772. The minimum absolute atomic E-state index is 0.881. The maximum Gasteiger partial charge on any atom is -0.0292 e. The number of allylic oxidation sites excluding steroid dienone is 5. The highest BCUT2D eigenvalue weighted by Crippen LogP contribution is 2.19. The number of hydrogen-bond acceptors (Lipinski definition) is 0. The summed E-state index contributed by atoms with van der Waals surface area (Å²) in [5.74, 6) is 0.881. The molecular formula is C34H70. The summed E-state index contributed by atoms with van der Waals surface area (Å²) in [6, 6.07) is 0. The van der Waals surface area contributed by atoms with E-state index in [-0.39, 0.29) is 0 Å². The molecule has 0 nitrogen and oxygen atoms in total. The van der Waals surface area contributed by atoms with E-state index < -0.39 is 0 Å². The van der Waals surface area contributed by atoms with Crippen molar-refractivity contribution < 1.29 is 0 Å². The molecule has 0 N–H and O–H groups in total. The first-order valence-corrected chi connectivity index (χ1v) is 14.5. The fourth-order valence-corrected chi connectivity index (χ4v) is 2.79. The summed E-state index contributed by atoms with van der Waals surface area (Å²) in [6.45, 7) is 33.6. The van der Waals surface area contributed by atoms with Crippen LogP contribution in [0.2, 0.25) is 0 Å². The number of unbranched alkanes of at least 4 members (excludes halogenated alkanes) is 7. The van der Waals surface area contributed by atoms with Crippen molar-refractivity contribution in [3.05, 3.63) is 55.3 Å². The first-order chi connectivity index (χ1) is 16.4. The fourth-order valence-electron chi connectivity index (χ4n) is 2.79. The Labute approximate surface area is 220 Å². The molecule has 1 unspecified atom stereocenters. The van der Waals surface area contributed by atoms with E-state index in [1.165, 1.54) is 89.0 Å². The van der Waals surface area contributed by atoms with Gasteiger partial charge in [0.25, 0.3) is 0 Å². The lowest BCUT2D eigenvalue weighted by molar-refractivity contribution is 0.460. The normalized spacial score (nSPS) is 10.1. The van der Waals surface area contributed by atoms with E-state index in [1.54, 1.807) is 0 Å². The Morgan fingerprint density at radius 1 is 0.706 bits per heavy atom.